The van der Waals surface area contributed by atoms with E-state index in [0.29, 0.717) is 18.2 Å². The summed E-state index contributed by atoms with van der Waals surface area (Å²) in [6.07, 6.45) is 0. The number of hydrogen-bond donors (Lipinski definition) is 0. The summed E-state index contributed by atoms with van der Waals surface area (Å²) in [6, 6.07) is 3.73. The zero-order chi connectivity index (χ0) is 15.1. The van der Waals surface area contributed by atoms with Gasteiger partial charge in [0.1, 0.15) is 12.4 Å². The quantitative estimate of drug-likeness (QED) is 0.682. The fourth-order valence-corrected chi connectivity index (χ4v) is 3.27. The normalized spacial score (nSPS) is 16.1. The second-order valence-corrected chi connectivity index (χ2v) is 6.24. The van der Waals surface area contributed by atoms with E-state index in [-0.39, 0.29) is 0 Å². The summed E-state index contributed by atoms with van der Waals surface area (Å²) in [5.41, 5.74) is 1.02. The lowest BCUT2D eigenvalue weighted by atomic mass is 10.2. The monoisotopic (exact) mass is 377 g/mol. The number of aryl methyl sites for hydroxylation is 1. The molecule has 118 valence electrons. The first-order valence-corrected chi connectivity index (χ1v) is 8.30. The van der Waals surface area contributed by atoms with Crippen LogP contribution in [0.1, 0.15) is 5.56 Å². The Bertz CT molecular complexity index is 430. The van der Waals surface area contributed by atoms with E-state index in [1.54, 1.807) is 0 Å². The topological polar surface area (TPSA) is 30.9 Å². The maximum Gasteiger partial charge on any atom is 0.136 e. The minimum atomic E-state index is 0.532. The summed E-state index contributed by atoms with van der Waals surface area (Å²) >= 11 is 9.44. The van der Waals surface area contributed by atoms with E-state index in [9.17, 15) is 0 Å². The molecule has 1 aromatic carbocycles. The molecule has 1 heterocycles. The predicted molar refractivity (Wildman–Crippen MR) is 87.5 cm³/mol. The lowest BCUT2D eigenvalue weighted by molar-refractivity contribution is 0.0170. The van der Waals surface area contributed by atoms with Gasteiger partial charge in [0.25, 0.3) is 0 Å². The molecule has 0 aromatic heterocycles. The SMILES string of the molecule is Cc1cc(Cl)cc(Br)c1OCCOCCN1CCOCC1. The molecule has 0 aliphatic carbocycles. The van der Waals surface area contributed by atoms with Crippen LogP contribution >= 0.6 is 27.5 Å². The van der Waals surface area contributed by atoms with Crippen LogP contribution in [0, 0.1) is 6.92 Å². The number of rotatable bonds is 7. The average molecular weight is 379 g/mol. The minimum Gasteiger partial charge on any atom is -0.490 e. The van der Waals surface area contributed by atoms with Gasteiger partial charge in [0, 0.05) is 24.7 Å². The highest BCUT2D eigenvalue weighted by molar-refractivity contribution is 9.10. The van der Waals surface area contributed by atoms with Crippen molar-refractivity contribution in [3.05, 3.63) is 27.2 Å². The van der Waals surface area contributed by atoms with Crippen molar-refractivity contribution in [3.63, 3.8) is 0 Å². The first-order chi connectivity index (χ1) is 10.2. The third-order valence-electron chi connectivity index (χ3n) is 3.32. The number of nitrogens with zero attached hydrogens (tertiary/aromatic N) is 1. The van der Waals surface area contributed by atoms with Crippen molar-refractivity contribution in [2.24, 2.45) is 0 Å². The van der Waals surface area contributed by atoms with Crippen LogP contribution in [-0.2, 0) is 9.47 Å². The van der Waals surface area contributed by atoms with Gasteiger partial charge in [-0.25, -0.2) is 0 Å². The number of morpholine rings is 1. The standard InChI is InChI=1S/C15H21BrClNO3/c1-12-10-13(17)11-14(16)15(12)21-9-8-20-7-4-18-2-5-19-6-3-18/h10-11H,2-9H2,1H3. The van der Waals surface area contributed by atoms with Crippen molar-refractivity contribution in [3.8, 4) is 5.75 Å². The molecule has 0 N–H and O–H groups in total. The maximum atomic E-state index is 5.97. The fraction of sp³-hybridized carbons (Fsp3) is 0.600. The molecule has 0 radical (unpaired) electrons. The van der Waals surface area contributed by atoms with E-state index in [1.807, 2.05) is 19.1 Å². The van der Waals surface area contributed by atoms with Gasteiger partial charge in [-0.15, -0.1) is 0 Å². The Morgan fingerprint density at radius 1 is 1.24 bits per heavy atom. The highest BCUT2D eigenvalue weighted by Gasteiger charge is 2.10. The van der Waals surface area contributed by atoms with Crippen molar-refractivity contribution >= 4 is 27.5 Å². The molecular formula is C15H21BrClNO3. The Morgan fingerprint density at radius 2 is 2.00 bits per heavy atom. The summed E-state index contributed by atoms with van der Waals surface area (Å²) < 4.78 is 17.5. The molecule has 1 fully saturated rings. The second-order valence-electron chi connectivity index (χ2n) is 4.95. The molecular weight excluding hydrogens is 358 g/mol. The molecule has 0 saturated carbocycles. The largest absolute Gasteiger partial charge is 0.490 e. The van der Waals surface area contributed by atoms with Crippen LogP contribution in [0.25, 0.3) is 0 Å². The van der Waals surface area contributed by atoms with Gasteiger partial charge in [0.05, 0.1) is 30.9 Å². The van der Waals surface area contributed by atoms with Gasteiger partial charge in [-0.05, 0) is 40.5 Å². The first-order valence-electron chi connectivity index (χ1n) is 7.13. The van der Waals surface area contributed by atoms with Crippen molar-refractivity contribution < 1.29 is 14.2 Å². The zero-order valence-electron chi connectivity index (χ0n) is 12.2. The minimum absolute atomic E-state index is 0.532. The second kappa shape index (κ2) is 8.96. The summed E-state index contributed by atoms with van der Waals surface area (Å²) in [4.78, 5) is 2.35. The molecule has 0 atom stereocenters. The first kappa shape index (κ1) is 17.0. The van der Waals surface area contributed by atoms with Gasteiger partial charge in [0.15, 0.2) is 0 Å². The van der Waals surface area contributed by atoms with Gasteiger partial charge in [-0.1, -0.05) is 11.6 Å². The Morgan fingerprint density at radius 3 is 2.71 bits per heavy atom. The Kier molecular flexibility index (Phi) is 7.26. The third-order valence-corrected chi connectivity index (χ3v) is 4.13. The van der Waals surface area contributed by atoms with Crippen LogP contribution < -0.4 is 4.74 Å². The molecule has 1 aliphatic heterocycles. The summed E-state index contributed by atoms with van der Waals surface area (Å²) in [5.74, 6) is 0.830. The number of halogens is 2. The molecule has 0 amide bonds. The fourth-order valence-electron chi connectivity index (χ4n) is 2.19. The lowest BCUT2D eigenvalue weighted by Crippen LogP contribution is -2.38. The lowest BCUT2D eigenvalue weighted by Gasteiger charge is -2.26. The third kappa shape index (κ3) is 5.75. The van der Waals surface area contributed by atoms with Crippen molar-refractivity contribution in [2.45, 2.75) is 6.92 Å². The predicted octanol–water partition coefficient (Wildman–Crippen LogP) is 3.14. The Balaban J connectivity index is 1.61. The van der Waals surface area contributed by atoms with Gasteiger partial charge < -0.3 is 14.2 Å². The molecule has 0 spiro atoms. The molecule has 21 heavy (non-hydrogen) atoms. The molecule has 1 aliphatic rings. The summed E-state index contributed by atoms with van der Waals surface area (Å²) in [7, 11) is 0. The molecule has 0 unspecified atom stereocenters. The highest BCUT2D eigenvalue weighted by atomic mass is 79.9. The van der Waals surface area contributed by atoms with Crippen molar-refractivity contribution in [1.29, 1.82) is 0 Å². The van der Waals surface area contributed by atoms with Crippen molar-refractivity contribution in [2.75, 3.05) is 52.7 Å². The number of hydrogen-bond acceptors (Lipinski definition) is 4. The molecule has 6 heteroatoms. The van der Waals surface area contributed by atoms with E-state index in [4.69, 9.17) is 25.8 Å². The molecule has 4 nitrogen and oxygen atoms in total. The Labute approximate surface area is 139 Å². The highest BCUT2D eigenvalue weighted by Crippen LogP contribution is 2.32. The van der Waals surface area contributed by atoms with Gasteiger partial charge in [0.2, 0.25) is 0 Å². The van der Waals surface area contributed by atoms with Gasteiger partial charge in [-0.2, -0.15) is 0 Å². The van der Waals surface area contributed by atoms with Crippen LogP contribution in [-0.4, -0.2) is 57.6 Å². The Hall–Kier alpha value is -0.330. The van der Waals surface area contributed by atoms with Gasteiger partial charge in [-0.3, -0.25) is 4.90 Å². The summed E-state index contributed by atoms with van der Waals surface area (Å²) in [6.45, 7) is 8.42. The number of ether oxygens (including phenoxy) is 3. The smallest absolute Gasteiger partial charge is 0.136 e. The summed E-state index contributed by atoms with van der Waals surface area (Å²) in [5, 5.41) is 0.702. The molecule has 2 rings (SSSR count). The van der Waals surface area contributed by atoms with Crippen LogP contribution in [0.2, 0.25) is 5.02 Å². The van der Waals surface area contributed by atoms with Gasteiger partial charge >= 0.3 is 0 Å². The maximum absolute atomic E-state index is 5.97. The van der Waals surface area contributed by atoms with E-state index < -0.39 is 0 Å². The van der Waals surface area contributed by atoms with Crippen LogP contribution in [0.15, 0.2) is 16.6 Å². The van der Waals surface area contributed by atoms with E-state index in [0.717, 1.165) is 55.2 Å². The molecule has 1 aromatic rings. The van der Waals surface area contributed by atoms with Crippen LogP contribution in [0.3, 0.4) is 0 Å². The van der Waals surface area contributed by atoms with Crippen LogP contribution in [0.4, 0.5) is 0 Å². The number of benzene rings is 1. The molecule has 1 saturated heterocycles. The van der Waals surface area contributed by atoms with E-state index in [2.05, 4.69) is 20.8 Å². The average Bonchev–Trinajstić information content (AvgIpc) is 2.45. The van der Waals surface area contributed by atoms with E-state index in [1.165, 1.54) is 0 Å². The van der Waals surface area contributed by atoms with Crippen molar-refractivity contribution in [1.82, 2.24) is 4.90 Å². The van der Waals surface area contributed by atoms with Crippen LogP contribution in [0.5, 0.6) is 5.75 Å². The van der Waals surface area contributed by atoms with E-state index >= 15 is 0 Å². The zero-order valence-corrected chi connectivity index (χ0v) is 14.6. The molecule has 0 bridgehead atoms.